The van der Waals surface area contributed by atoms with Crippen LogP contribution in [0.25, 0.3) is 0 Å². The van der Waals surface area contributed by atoms with Crippen LogP contribution in [0.5, 0.6) is 0 Å². The molecule has 0 rings (SSSR count). The van der Waals surface area contributed by atoms with Crippen molar-refractivity contribution in [3.8, 4) is 0 Å². The summed E-state index contributed by atoms with van der Waals surface area (Å²) in [7, 11) is 0. The second-order valence-corrected chi connectivity index (χ2v) is 3.33. The van der Waals surface area contributed by atoms with Crippen molar-refractivity contribution >= 4 is 0 Å². The standard InChI is InChI=1S/C9H21NO/c1-4-5-6-7-9(11)10-8(2)3/h8-11H,4-7H2,1-3H3. The average Bonchev–Trinajstić information content (AvgIpc) is 1.86. The molecule has 0 aliphatic heterocycles. The van der Waals surface area contributed by atoms with E-state index in [2.05, 4.69) is 12.2 Å². The van der Waals surface area contributed by atoms with Crippen LogP contribution in [-0.4, -0.2) is 17.4 Å². The van der Waals surface area contributed by atoms with E-state index in [1.165, 1.54) is 12.8 Å². The summed E-state index contributed by atoms with van der Waals surface area (Å²) >= 11 is 0. The summed E-state index contributed by atoms with van der Waals surface area (Å²) in [6.07, 6.45) is 4.14. The Morgan fingerprint density at radius 3 is 2.36 bits per heavy atom. The highest BCUT2D eigenvalue weighted by molar-refractivity contribution is 4.57. The zero-order valence-corrected chi connectivity index (χ0v) is 7.93. The molecule has 0 heterocycles. The van der Waals surface area contributed by atoms with Gasteiger partial charge in [0, 0.05) is 6.04 Å². The first kappa shape index (κ1) is 10.9. The Labute approximate surface area is 70.0 Å². The molecule has 0 aromatic carbocycles. The van der Waals surface area contributed by atoms with Gasteiger partial charge in [0.05, 0.1) is 0 Å². The number of hydrogen-bond acceptors (Lipinski definition) is 2. The number of unbranched alkanes of at least 4 members (excludes halogenated alkanes) is 2. The number of nitrogens with one attached hydrogen (secondary N) is 1. The van der Waals surface area contributed by atoms with Crippen LogP contribution < -0.4 is 5.32 Å². The molecule has 0 radical (unpaired) electrons. The Morgan fingerprint density at radius 2 is 1.91 bits per heavy atom. The summed E-state index contributed by atoms with van der Waals surface area (Å²) in [6.45, 7) is 6.26. The van der Waals surface area contributed by atoms with E-state index in [0.29, 0.717) is 6.04 Å². The summed E-state index contributed by atoms with van der Waals surface area (Å²) < 4.78 is 0. The summed E-state index contributed by atoms with van der Waals surface area (Å²) in [4.78, 5) is 0. The molecule has 2 heteroatoms. The van der Waals surface area contributed by atoms with Gasteiger partial charge < -0.3 is 5.11 Å². The Balaban J connectivity index is 3.15. The van der Waals surface area contributed by atoms with Gasteiger partial charge in [-0.25, -0.2) is 0 Å². The molecule has 1 atom stereocenters. The second-order valence-electron chi connectivity index (χ2n) is 3.33. The minimum absolute atomic E-state index is 0.304. The average molecular weight is 159 g/mol. The Bertz CT molecular complexity index is 83.6. The quantitative estimate of drug-likeness (QED) is 0.458. The lowest BCUT2D eigenvalue weighted by molar-refractivity contribution is 0.115. The third-order valence-corrected chi connectivity index (χ3v) is 1.61. The van der Waals surface area contributed by atoms with Crippen molar-refractivity contribution in [1.82, 2.24) is 5.32 Å². The molecule has 0 amide bonds. The Hall–Kier alpha value is -0.0800. The highest BCUT2D eigenvalue weighted by atomic mass is 16.3. The lowest BCUT2D eigenvalue weighted by atomic mass is 10.2. The van der Waals surface area contributed by atoms with E-state index >= 15 is 0 Å². The topological polar surface area (TPSA) is 32.3 Å². The lowest BCUT2D eigenvalue weighted by Gasteiger charge is -2.14. The van der Waals surface area contributed by atoms with Crippen LogP contribution in [0.3, 0.4) is 0 Å². The molecule has 2 N–H and O–H groups in total. The van der Waals surface area contributed by atoms with Gasteiger partial charge >= 0.3 is 0 Å². The summed E-state index contributed by atoms with van der Waals surface area (Å²) in [6, 6.07) is 0.381. The van der Waals surface area contributed by atoms with Crippen molar-refractivity contribution in [3.63, 3.8) is 0 Å². The molecular weight excluding hydrogens is 138 g/mol. The van der Waals surface area contributed by atoms with Gasteiger partial charge in [-0.1, -0.05) is 19.8 Å². The maximum absolute atomic E-state index is 9.34. The van der Waals surface area contributed by atoms with E-state index in [1.54, 1.807) is 0 Å². The first-order valence-corrected chi connectivity index (χ1v) is 4.61. The van der Waals surface area contributed by atoms with Crippen LogP contribution in [0, 0.1) is 0 Å². The molecule has 0 saturated carbocycles. The zero-order valence-electron chi connectivity index (χ0n) is 7.93. The molecule has 0 fully saturated rings. The summed E-state index contributed by atoms with van der Waals surface area (Å²) in [5, 5.41) is 12.4. The molecule has 68 valence electrons. The van der Waals surface area contributed by atoms with E-state index in [0.717, 1.165) is 12.8 Å². The smallest absolute Gasteiger partial charge is 0.105 e. The fourth-order valence-electron chi connectivity index (χ4n) is 1.06. The predicted molar refractivity (Wildman–Crippen MR) is 48.4 cm³/mol. The van der Waals surface area contributed by atoms with E-state index in [1.807, 2.05) is 13.8 Å². The number of hydrogen-bond donors (Lipinski definition) is 2. The fraction of sp³-hybridized carbons (Fsp3) is 1.00. The Kier molecular flexibility index (Phi) is 6.57. The van der Waals surface area contributed by atoms with Gasteiger partial charge in [-0.3, -0.25) is 5.32 Å². The molecule has 0 spiro atoms. The molecular formula is C9H21NO. The van der Waals surface area contributed by atoms with E-state index < -0.39 is 0 Å². The molecule has 0 bridgehead atoms. The van der Waals surface area contributed by atoms with Crippen molar-refractivity contribution < 1.29 is 5.11 Å². The molecule has 0 saturated heterocycles. The maximum atomic E-state index is 9.34. The molecule has 1 unspecified atom stereocenters. The first-order chi connectivity index (χ1) is 5.16. The van der Waals surface area contributed by atoms with Crippen LogP contribution in [-0.2, 0) is 0 Å². The molecule has 0 aromatic heterocycles. The van der Waals surface area contributed by atoms with Crippen LogP contribution in [0.4, 0.5) is 0 Å². The van der Waals surface area contributed by atoms with Crippen molar-refractivity contribution in [2.75, 3.05) is 0 Å². The number of rotatable bonds is 6. The molecule has 0 aliphatic carbocycles. The van der Waals surface area contributed by atoms with Gasteiger partial charge in [-0.2, -0.15) is 0 Å². The molecule has 2 nitrogen and oxygen atoms in total. The zero-order chi connectivity index (χ0) is 8.69. The largest absolute Gasteiger partial charge is 0.379 e. The number of aliphatic hydroxyl groups is 1. The lowest BCUT2D eigenvalue weighted by Crippen LogP contribution is -2.34. The Morgan fingerprint density at radius 1 is 1.27 bits per heavy atom. The SMILES string of the molecule is CCCCCC(O)NC(C)C. The summed E-state index contributed by atoms with van der Waals surface area (Å²) in [5.74, 6) is 0. The van der Waals surface area contributed by atoms with Gasteiger partial charge in [0.2, 0.25) is 0 Å². The van der Waals surface area contributed by atoms with Crippen molar-refractivity contribution in [1.29, 1.82) is 0 Å². The first-order valence-electron chi connectivity index (χ1n) is 4.61. The van der Waals surface area contributed by atoms with Crippen molar-refractivity contribution in [3.05, 3.63) is 0 Å². The van der Waals surface area contributed by atoms with E-state index in [9.17, 15) is 5.11 Å². The van der Waals surface area contributed by atoms with Gasteiger partial charge in [-0.15, -0.1) is 0 Å². The van der Waals surface area contributed by atoms with Crippen LogP contribution in [0.1, 0.15) is 46.5 Å². The van der Waals surface area contributed by atoms with Crippen molar-refractivity contribution in [2.45, 2.75) is 58.7 Å². The van der Waals surface area contributed by atoms with Crippen LogP contribution >= 0.6 is 0 Å². The number of aliphatic hydroxyl groups excluding tert-OH is 1. The second kappa shape index (κ2) is 6.62. The van der Waals surface area contributed by atoms with Gasteiger partial charge in [0.25, 0.3) is 0 Å². The van der Waals surface area contributed by atoms with Crippen LogP contribution in [0.2, 0.25) is 0 Å². The maximum Gasteiger partial charge on any atom is 0.105 e. The van der Waals surface area contributed by atoms with E-state index in [4.69, 9.17) is 0 Å². The van der Waals surface area contributed by atoms with Gasteiger partial charge in [0.1, 0.15) is 6.23 Å². The van der Waals surface area contributed by atoms with Crippen molar-refractivity contribution in [2.24, 2.45) is 0 Å². The summed E-state index contributed by atoms with van der Waals surface area (Å²) in [5.41, 5.74) is 0. The third kappa shape index (κ3) is 7.82. The monoisotopic (exact) mass is 159 g/mol. The normalized spacial score (nSPS) is 13.9. The third-order valence-electron chi connectivity index (χ3n) is 1.61. The minimum Gasteiger partial charge on any atom is -0.379 e. The molecule has 0 aliphatic rings. The highest BCUT2D eigenvalue weighted by Crippen LogP contribution is 2.01. The highest BCUT2D eigenvalue weighted by Gasteiger charge is 2.03. The predicted octanol–water partition coefficient (Wildman–Crippen LogP) is 1.88. The fourth-order valence-corrected chi connectivity index (χ4v) is 1.06. The van der Waals surface area contributed by atoms with Gasteiger partial charge in [0.15, 0.2) is 0 Å². The van der Waals surface area contributed by atoms with E-state index in [-0.39, 0.29) is 6.23 Å². The van der Waals surface area contributed by atoms with Crippen LogP contribution in [0.15, 0.2) is 0 Å². The molecule has 0 aromatic rings. The molecule has 11 heavy (non-hydrogen) atoms. The minimum atomic E-state index is -0.304. The van der Waals surface area contributed by atoms with Gasteiger partial charge in [-0.05, 0) is 26.7 Å².